The smallest absolute Gasteiger partial charge is 0.422 e. The lowest BCUT2D eigenvalue weighted by atomic mass is 10.0. The van der Waals surface area contributed by atoms with Crippen molar-refractivity contribution in [3.8, 4) is 0 Å². The maximum absolute atomic E-state index is 12.7. The van der Waals surface area contributed by atoms with Crippen LogP contribution in [0, 0.1) is 6.92 Å². The Hall–Kier alpha value is -2.32. The predicted octanol–water partition coefficient (Wildman–Crippen LogP) is 1.59. The second-order valence-electron chi connectivity index (χ2n) is 4.50. The fourth-order valence-electron chi connectivity index (χ4n) is 1.38. The van der Waals surface area contributed by atoms with Crippen LogP contribution in [0.25, 0.3) is 0 Å². The first-order valence-electron chi connectivity index (χ1n) is 5.84. The maximum atomic E-state index is 12.7. The summed E-state index contributed by atoms with van der Waals surface area (Å²) < 4.78 is 38.1. The van der Waals surface area contributed by atoms with Gasteiger partial charge in [-0.15, -0.1) is 0 Å². The van der Waals surface area contributed by atoms with Crippen molar-refractivity contribution in [1.82, 2.24) is 15.6 Å². The number of nitrogens with one attached hydrogen (secondary N) is 2. The monoisotopic (exact) mass is 305 g/mol. The van der Waals surface area contributed by atoms with Gasteiger partial charge in [-0.1, -0.05) is 6.07 Å². The van der Waals surface area contributed by atoms with E-state index in [1.165, 1.54) is 11.5 Å². The Morgan fingerprint density at radius 1 is 1.38 bits per heavy atom. The van der Waals surface area contributed by atoms with Gasteiger partial charge >= 0.3 is 18.2 Å². The number of aliphatic carboxylic acids is 1. The number of carbonyl (C=O) groups excluding carboxylic acids is 1. The molecule has 3 N–H and O–H groups in total. The van der Waals surface area contributed by atoms with Gasteiger partial charge < -0.3 is 15.7 Å². The SMILES string of the molecule is Cc1cccnc1CNC(=O)NC(C)(C(=O)O)C(F)(F)F. The van der Waals surface area contributed by atoms with E-state index in [0.29, 0.717) is 12.6 Å². The Morgan fingerprint density at radius 2 is 2.00 bits per heavy atom. The van der Waals surface area contributed by atoms with Crippen LogP contribution in [0.4, 0.5) is 18.0 Å². The molecule has 0 spiro atoms. The highest BCUT2D eigenvalue weighted by Gasteiger charge is 2.58. The Bertz CT molecular complexity index is 548. The molecule has 1 atom stereocenters. The van der Waals surface area contributed by atoms with E-state index in [9.17, 15) is 22.8 Å². The number of carboxylic acid groups (broad SMARTS) is 1. The number of rotatable bonds is 4. The molecule has 0 bridgehead atoms. The van der Waals surface area contributed by atoms with Crippen LogP contribution in [0.1, 0.15) is 18.2 Å². The molecule has 21 heavy (non-hydrogen) atoms. The van der Waals surface area contributed by atoms with Crippen LogP contribution in [-0.2, 0) is 11.3 Å². The number of hydrogen-bond acceptors (Lipinski definition) is 3. The first-order chi connectivity index (χ1) is 9.58. The highest BCUT2D eigenvalue weighted by molar-refractivity contribution is 5.86. The number of urea groups is 1. The molecule has 0 aromatic carbocycles. The van der Waals surface area contributed by atoms with E-state index in [1.54, 1.807) is 19.1 Å². The van der Waals surface area contributed by atoms with Crippen LogP contribution in [0.5, 0.6) is 0 Å². The lowest BCUT2D eigenvalue weighted by Crippen LogP contribution is -2.63. The Morgan fingerprint density at radius 3 is 2.48 bits per heavy atom. The maximum Gasteiger partial charge on any atom is 0.422 e. The van der Waals surface area contributed by atoms with E-state index in [4.69, 9.17) is 5.11 Å². The lowest BCUT2D eigenvalue weighted by Gasteiger charge is -2.28. The van der Waals surface area contributed by atoms with Gasteiger partial charge in [0.2, 0.25) is 5.54 Å². The molecule has 0 aliphatic rings. The summed E-state index contributed by atoms with van der Waals surface area (Å²) in [6, 6.07) is 2.14. The number of halogens is 3. The average molecular weight is 305 g/mol. The van der Waals surface area contributed by atoms with E-state index in [2.05, 4.69) is 10.3 Å². The lowest BCUT2D eigenvalue weighted by molar-refractivity contribution is -0.203. The number of aryl methyl sites for hydroxylation is 1. The number of nitrogens with zero attached hydrogens (tertiary/aromatic N) is 1. The van der Waals surface area contributed by atoms with Crippen molar-refractivity contribution in [2.75, 3.05) is 0 Å². The number of alkyl halides is 3. The molecule has 0 aliphatic heterocycles. The summed E-state index contributed by atoms with van der Waals surface area (Å²) in [6.07, 6.45) is -3.66. The second kappa shape index (κ2) is 5.98. The zero-order chi connectivity index (χ0) is 16.3. The van der Waals surface area contributed by atoms with Crippen molar-refractivity contribution >= 4 is 12.0 Å². The minimum atomic E-state index is -5.13. The van der Waals surface area contributed by atoms with E-state index < -0.39 is 23.7 Å². The summed E-state index contributed by atoms with van der Waals surface area (Å²) >= 11 is 0. The summed E-state index contributed by atoms with van der Waals surface area (Å²) in [5.74, 6) is -2.20. The Balaban J connectivity index is 2.73. The zero-order valence-corrected chi connectivity index (χ0v) is 11.3. The fourth-order valence-corrected chi connectivity index (χ4v) is 1.38. The molecule has 9 heteroatoms. The standard InChI is InChI=1S/C12H14F3N3O3/c1-7-4-3-5-16-8(7)6-17-10(21)18-11(2,9(19)20)12(13,14)15/h3-5H,6H2,1-2H3,(H,19,20)(H2,17,18,21). The highest BCUT2D eigenvalue weighted by atomic mass is 19.4. The first kappa shape index (κ1) is 16.7. The van der Waals surface area contributed by atoms with Crippen molar-refractivity contribution in [2.45, 2.75) is 32.1 Å². The Labute approximate surface area is 118 Å². The minimum absolute atomic E-state index is 0.119. The van der Waals surface area contributed by atoms with Gasteiger partial charge in [0.15, 0.2) is 0 Å². The molecule has 116 valence electrons. The number of pyridine rings is 1. The molecule has 1 aromatic rings. The third-order valence-corrected chi connectivity index (χ3v) is 2.89. The highest BCUT2D eigenvalue weighted by Crippen LogP contribution is 2.30. The largest absolute Gasteiger partial charge is 0.479 e. The average Bonchev–Trinajstić information content (AvgIpc) is 2.36. The second-order valence-corrected chi connectivity index (χ2v) is 4.50. The van der Waals surface area contributed by atoms with Gasteiger partial charge in [0, 0.05) is 6.20 Å². The van der Waals surface area contributed by atoms with Crippen molar-refractivity contribution in [1.29, 1.82) is 0 Å². The molecule has 0 aliphatic carbocycles. The normalized spacial score (nSPS) is 14.1. The molecule has 6 nitrogen and oxygen atoms in total. The number of hydrogen-bond donors (Lipinski definition) is 3. The van der Waals surface area contributed by atoms with Crippen molar-refractivity contribution in [2.24, 2.45) is 0 Å². The predicted molar refractivity (Wildman–Crippen MR) is 66.4 cm³/mol. The number of carbonyl (C=O) groups is 2. The van der Waals surface area contributed by atoms with E-state index in [-0.39, 0.29) is 6.54 Å². The fraction of sp³-hybridized carbons (Fsp3) is 0.417. The summed E-state index contributed by atoms with van der Waals surface area (Å²) in [5.41, 5.74) is -2.15. The third-order valence-electron chi connectivity index (χ3n) is 2.89. The molecule has 1 heterocycles. The summed E-state index contributed by atoms with van der Waals surface area (Å²) in [6.45, 7) is 1.98. The van der Waals surface area contributed by atoms with Gasteiger partial charge in [-0.2, -0.15) is 13.2 Å². The van der Waals surface area contributed by atoms with Crippen molar-refractivity contribution in [3.63, 3.8) is 0 Å². The van der Waals surface area contributed by atoms with Crippen molar-refractivity contribution in [3.05, 3.63) is 29.6 Å². The van der Waals surface area contributed by atoms with Gasteiger partial charge in [0.05, 0.1) is 12.2 Å². The van der Waals surface area contributed by atoms with Crippen LogP contribution in [0.2, 0.25) is 0 Å². The van der Waals surface area contributed by atoms with Gasteiger partial charge in [0.25, 0.3) is 0 Å². The van der Waals surface area contributed by atoms with Crippen molar-refractivity contribution < 1.29 is 27.9 Å². The van der Waals surface area contributed by atoms with Crippen LogP contribution >= 0.6 is 0 Å². The van der Waals surface area contributed by atoms with Crippen LogP contribution < -0.4 is 10.6 Å². The van der Waals surface area contributed by atoms with Gasteiger partial charge in [0.1, 0.15) is 0 Å². The Kier molecular flexibility index (Phi) is 4.77. The number of carboxylic acids is 1. The number of aromatic nitrogens is 1. The molecule has 1 rings (SSSR count). The van der Waals surface area contributed by atoms with Crippen LogP contribution in [0.3, 0.4) is 0 Å². The van der Waals surface area contributed by atoms with Gasteiger partial charge in [-0.05, 0) is 25.5 Å². The molecule has 1 aromatic heterocycles. The van der Waals surface area contributed by atoms with E-state index in [0.717, 1.165) is 5.56 Å². The minimum Gasteiger partial charge on any atom is -0.479 e. The van der Waals surface area contributed by atoms with Gasteiger partial charge in [-0.3, -0.25) is 4.98 Å². The molecule has 0 saturated heterocycles. The molecule has 0 fully saturated rings. The van der Waals surface area contributed by atoms with E-state index in [1.807, 2.05) is 0 Å². The first-order valence-corrected chi connectivity index (χ1v) is 5.84. The van der Waals surface area contributed by atoms with Crippen LogP contribution in [-0.4, -0.2) is 33.8 Å². The summed E-state index contributed by atoms with van der Waals surface area (Å²) in [4.78, 5) is 26.2. The summed E-state index contributed by atoms with van der Waals surface area (Å²) in [5, 5.41) is 12.2. The van der Waals surface area contributed by atoms with Crippen LogP contribution in [0.15, 0.2) is 18.3 Å². The molecular weight excluding hydrogens is 291 g/mol. The zero-order valence-electron chi connectivity index (χ0n) is 11.3. The quantitative estimate of drug-likeness (QED) is 0.788. The molecule has 0 saturated carbocycles. The summed E-state index contributed by atoms with van der Waals surface area (Å²) in [7, 11) is 0. The topological polar surface area (TPSA) is 91.3 Å². The van der Waals surface area contributed by atoms with Gasteiger partial charge in [-0.25, -0.2) is 9.59 Å². The number of amides is 2. The van der Waals surface area contributed by atoms with E-state index >= 15 is 0 Å². The third kappa shape index (κ3) is 3.83. The molecule has 2 amide bonds. The molecule has 1 unspecified atom stereocenters. The molecular formula is C12H14F3N3O3. The molecule has 0 radical (unpaired) electrons.